The van der Waals surface area contributed by atoms with Crippen molar-refractivity contribution in [2.75, 3.05) is 0 Å². The van der Waals surface area contributed by atoms with E-state index in [2.05, 4.69) is 26.2 Å². The first kappa shape index (κ1) is 16.1. The van der Waals surface area contributed by atoms with E-state index in [1.54, 1.807) is 0 Å². The van der Waals surface area contributed by atoms with Gasteiger partial charge in [0.2, 0.25) is 5.91 Å². The van der Waals surface area contributed by atoms with Crippen LogP contribution in [0.5, 0.6) is 0 Å². The first-order valence-electron chi connectivity index (χ1n) is 7.84. The molecule has 0 spiro atoms. The fraction of sp³-hybridized carbons (Fsp3) is 0.412. The molecule has 122 valence electrons. The number of nitrogens with one attached hydrogen (secondary N) is 2. The third-order valence-electron chi connectivity index (χ3n) is 4.50. The Morgan fingerprint density at radius 1 is 1.35 bits per heavy atom. The van der Waals surface area contributed by atoms with Gasteiger partial charge in [0.05, 0.1) is 0 Å². The Labute approximate surface area is 142 Å². The molecule has 3 rings (SSSR count). The number of hydrogen-bond donors (Lipinski definition) is 3. The van der Waals surface area contributed by atoms with Gasteiger partial charge in [-0.3, -0.25) is 4.79 Å². The highest BCUT2D eigenvalue weighted by atomic mass is 79.9. The van der Waals surface area contributed by atoms with Crippen molar-refractivity contribution in [1.82, 2.24) is 10.3 Å². The topological polar surface area (TPSA) is 82.2 Å². The van der Waals surface area contributed by atoms with Crippen LogP contribution in [0.3, 0.4) is 0 Å². The van der Waals surface area contributed by atoms with Crippen LogP contribution in [-0.4, -0.2) is 28.0 Å². The second kappa shape index (κ2) is 6.74. The van der Waals surface area contributed by atoms with Gasteiger partial charge in [0.25, 0.3) is 0 Å². The highest BCUT2D eigenvalue weighted by molar-refractivity contribution is 9.10. The van der Waals surface area contributed by atoms with Crippen molar-refractivity contribution in [3.8, 4) is 0 Å². The number of aromatic nitrogens is 1. The maximum atomic E-state index is 12.2. The van der Waals surface area contributed by atoms with E-state index >= 15 is 0 Å². The number of carbonyl (C=O) groups excluding carboxylic acids is 1. The van der Waals surface area contributed by atoms with Crippen molar-refractivity contribution in [1.29, 1.82) is 0 Å². The van der Waals surface area contributed by atoms with Crippen molar-refractivity contribution < 1.29 is 14.7 Å². The monoisotopic (exact) mass is 378 g/mol. The molecule has 1 saturated carbocycles. The number of H-pyrrole nitrogens is 1. The lowest BCUT2D eigenvalue weighted by molar-refractivity contribution is -0.142. The van der Waals surface area contributed by atoms with Crippen LogP contribution in [-0.2, 0) is 16.0 Å². The maximum absolute atomic E-state index is 12.2. The van der Waals surface area contributed by atoms with Crippen molar-refractivity contribution in [2.24, 2.45) is 5.92 Å². The van der Waals surface area contributed by atoms with Crippen molar-refractivity contribution in [3.05, 3.63) is 34.4 Å². The molecule has 1 aliphatic carbocycles. The predicted octanol–water partition coefficient (Wildman–Crippen LogP) is 3.23. The molecular weight excluding hydrogens is 360 g/mol. The molecule has 6 heteroatoms. The van der Waals surface area contributed by atoms with E-state index < -0.39 is 12.0 Å². The predicted molar refractivity (Wildman–Crippen MR) is 91.2 cm³/mol. The number of benzene rings is 1. The summed E-state index contributed by atoms with van der Waals surface area (Å²) in [5, 5.41) is 13.1. The molecule has 0 saturated heterocycles. The minimum Gasteiger partial charge on any atom is -0.480 e. The fourth-order valence-electron chi connectivity index (χ4n) is 3.27. The molecule has 0 bridgehead atoms. The molecule has 1 fully saturated rings. The van der Waals surface area contributed by atoms with Gasteiger partial charge in [0, 0.05) is 33.9 Å². The van der Waals surface area contributed by atoms with Crippen LogP contribution in [0.4, 0.5) is 0 Å². The standard InChI is InChI=1S/C17H19BrN2O3/c18-12-6-3-7-13-15(12)11(9-19-13)8-14(17(22)23)20-16(21)10-4-1-2-5-10/h3,6-7,9-10,14,19H,1-2,4-5,8H2,(H,20,21)(H,22,23). The summed E-state index contributed by atoms with van der Waals surface area (Å²) in [6.45, 7) is 0. The lowest BCUT2D eigenvalue weighted by Crippen LogP contribution is -2.44. The summed E-state index contributed by atoms with van der Waals surface area (Å²) in [6.07, 6.45) is 5.88. The fourth-order valence-corrected chi connectivity index (χ4v) is 3.89. The molecule has 1 aromatic carbocycles. The highest BCUT2D eigenvalue weighted by Gasteiger charge is 2.28. The molecule has 0 aliphatic heterocycles. The van der Waals surface area contributed by atoms with Gasteiger partial charge in [-0.05, 0) is 30.5 Å². The van der Waals surface area contributed by atoms with E-state index in [4.69, 9.17) is 0 Å². The molecular formula is C17H19BrN2O3. The zero-order valence-corrected chi connectivity index (χ0v) is 14.2. The summed E-state index contributed by atoms with van der Waals surface area (Å²) in [6, 6.07) is 4.88. The number of aromatic amines is 1. The van der Waals surface area contributed by atoms with Crippen LogP contribution in [0.25, 0.3) is 10.9 Å². The number of carbonyl (C=O) groups is 2. The summed E-state index contributed by atoms with van der Waals surface area (Å²) in [5.41, 5.74) is 1.83. The van der Waals surface area contributed by atoms with Gasteiger partial charge < -0.3 is 15.4 Å². The van der Waals surface area contributed by atoms with Crippen LogP contribution in [0.15, 0.2) is 28.9 Å². The number of halogens is 1. The smallest absolute Gasteiger partial charge is 0.326 e. The average Bonchev–Trinajstić information content (AvgIpc) is 3.16. The quantitative estimate of drug-likeness (QED) is 0.746. The minimum absolute atomic E-state index is 0.0356. The van der Waals surface area contributed by atoms with Gasteiger partial charge in [0.1, 0.15) is 6.04 Å². The molecule has 3 N–H and O–H groups in total. The van der Waals surface area contributed by atoms with E-state index in [0.717, 1.165) is 46.6 Å². The molecule has 1 aliphatic rings. The molecule has 1 amide bonds. The van der Waals surface area contributed by atoms with E-state index in [1.807, 2.05) is 24.4 Å². The van der Waals surface area contributed by atoms with Crippen LogP contribution in [0.2, 0.25) is 0 Å². The van der Waals surface area contributed by atoms with Crippen LogP contribution >= 0.6 is 15.9 Å². The molecule has 2 aromatic rings. The Morgan fingerprint density at radius 3 is 2.78 bits per heavy atom. The third-order valence-corrected chi connectivity index (χ3v) is 5.16. The Kier molecular flexibility index (Phi) is 4.71. The van der Waals surface area contributed by atoms with Crippen molar-refractivity contribution in [3.63, 3.8) is 0 Å². The second-order valence-electron chi connectivity index (χ2n) is 6.06. The molecule has 1 atom stereocenters. The Bertz CT molecular complexity index is 735. The SMILES string of the molecule is O=C(NC(Cc1c[nH]c2cccc(Br)c12)C(=O)O)C1CCCC1. The molecule has 0 radical (unpaired) electrons. The number of amides is 1. The molecule has 1 aromatic heterocycles. The third kappa shape index (κ3) is 3.42. The summed E-state index contributed by atoms with van der Waals surface area (Å²) in [4.78, 5) is 26.9. The van der Waals surface area contributed by atoms with Crippen molar-refractivity contribution >= 4 is 38.7 Å². The normalized spacial score (nSPS) is 16.6. The number of aliphatic carboxylic acids is 1. The minimum atomic E-state index is -1.00. The summed E-state index contributed by atoms with van der Waals surface area (Å²) in [5.74, 6) is -1.17. The summed E-state index contributed by atoms with van der Waals surface area (Å²) in [7, 11) is 0. The molecule has 1 unspecified atom stereocenters. The average molecular weight is 379 g/mol. The summed E-state index contributed by atoms with van der Waals surface area (Å²) >= 11 is 3.50. The van der Waals surface area contributed by atoms with Gasteiger partial charge >= 0.3 is 5.97 Å². The van der Waals surface area contributed by atoms with Gasteiger partial charge in [0.15, 0.2) is 0 Å². The molecule has 23 heavy (non-hydrogen) atoms. The Balaban J connectivity index is 1.78. The van der Waals surface area contributed by atoms with E-state index in [-0.39, 0.29) is 18.2 Å². The highest BCUT2D eigenvalue weighted by Crippen LogP contribution is 2.28. The molecule has 5 nitrogen and oxygen atoms in total. The van der Waals surface area contributed by atoms with Crippen LogP contribution < -0.4 is 5.32 Å². The first-order chi connectivity index (χ1) is 11.1. The lowest BCUT2D eigenvalue weighted by atomic mass is 10.0. The first-order valence-corrected chi connectivity index (χ1v) is 8.63. The van der Waals surface area contributed by atoms with Gasteiger partial charge in [-0.25, -0.2) is 4.79 Å². The van der Waals surface area contributed by atoms with E-state index in [1.165, 1.54) is 0 Å². The van der Waals surface area contributed by atoms with Crippen molar-refractivity contribution in [2.45, 2.75) is 38.1 Å². The zero-order valence-electron chi connectivity index (χ0n) is 12.6. The number of hydrogen-bond acceptors (Lipinski definition) is 2. The van der Waals surface area contributed by atoms with E-state index in [0.29, 0.717) is 0 Å². The van der Waals surface area contributed by atoms with Gasteiger partial charge in [-0.2, -0.15) is 0 Å². The second-order valence-corrected chi connectivity index (χ2v) is 6.92. The number of fused-ring (bicyclic) bond motifs is 1. The molecule has 1 heterocycles. The number of carboxylic acid groups (broad SMARTS) is 1. The van der Waals surface area contributed by atoms with Gasteiger partial charge in [-0.15, -0.1) is 0 Å². The largest absolute Gasteiger partial charge is 0.480 e. The Morgan fingerprint density at radius 2 is 2.09 bits per heavy atom. The summed E-state index contributed by atoms with van der Waals surface area (Å²) < 4.78 is 0.914. The van der Waals surface area contributed by atoms with Gasteiger partial charge in [-0.1, -0.05) is 34.8 Å². The van der Waals surface area contributed by atoms with Crippen LogP contribution in [0, 0.1) is 5.92 Å². The maximum Gasteiger partial charge on any atom is 0.326 e. The Hall–Kier alpha value is -1.82. The number of rotatable bonds is 5. The lowest BCUT2D eigenvalue weighted by Gasteiger charge is -2.17. The zero-order chi connectivity index (χ0) is 16.4. The number of carboxylic acids is 1. The van der Waals surface area contributed by atoms with E-state index in [9.17, 15) is 14.7 Å². The van der Waals surface area contributed by atoms with Crippen LogP contribution in [0.1, 0.15) is 31.2 Å².